The monoisotopic (exact) mass is 256 g/mol. The second kappa shape index (κ2) is 7.31. The predicted octanol–water partition coefficient (Wildman–Crippen LogP) is 3.98. The van der Waals surface area contributed by atoms with Gasteiger partial charge < -0.3 is 0 Å². The maximum absolute atomic E-state index is 9.00. The number of likely N-dealkylation sites (tertiary alicyclic amines) is 1. The lowest BCUT2D eigenvalue weighted by Gasteiger charge is -2.22. The number of rotatable bonds is 6. The molecule has 0 aromatic heterocycles. The van der Waals surface area contributed by atoms with Crippen molar-refractivity contribution in [1.29, 1.82) is 5.26 Å². The van der Waals surface area contributed by atoms with Gasteiger partial charge in [-0.3, -0.25) is 4.90 Å². The average molecular weight is 256 g/mol. The van der Waals surface area contributed by atoms with Gasteiger partial charge in [0.05, 0.1) is 12.5 Å². The molecule has 2 heteroatoms. The zero-order chi connectivity index (χ0) is 13.5. The van der Waals surface area contributed by atoms with Gasteiger partial charge in [0.1, 0.15) is 0 Å². The number of benzene rings is 1. The van der Waals surface area contributed by atoms with E-state index in [9.17, 15) is 0 Å². The van der Waals surface area contributed by atoms with Gasteiger partial charge in [-0.05, 0) is 24.3 Å². The van der Waals surface area contributed by atoms with Crippen LogP contribution in [0.4, 0.5) is 0 Å². The number of nitrogens with zero attached hydrogens (tertiary/aromatic N) is 2. The van der Waals surface area contributed by atoms with Crippen LogP contribution < -0.4 is 0 Å². The maximum Gasteiger partial charge on any atom is 0.0638 e. The molecule has 0 amide bonds. The molecular weight excluding hydrogens is 232 g/mol. The molecule has 1 saturated heterocycles. The van der Waals surface area contributed by atoms with Gasteiger partial charge in [-0.25, -0.2) is 0 Å². The number of unbranched alkanes of at least 4 members (excludes halogenated alkanes) is 1. The highest BCUT2D eigenvalue weighted by atomic mass is 15.2. The van der Waals surface area contributed by atoms with E-state index in [2.05, 4.69) is 48.2 Å². The van der Waals surface area contributed by atoms with Crippen LogP contribution in [-0.2, 0) is 6.54 Å². The van der Waals surface area contributed by atoms with Crippen LogP contribution in [-0.4, -0.2) is 17.5 Å². The summed E-state index contributed by atoms with van der Waals surface area (Å²) in [7, 11) is 0. The van der Waals surface area contributed by atoms with Gasteiger partial charge >= 0.3 is 0 Å². The molecular formula is C17H24N2. The highest BCUT2D eigenvalue weighted by Gasteiger charge is 2.31. The summed E-state index contributed by atoms with van der Waals surface area (Å²) in [5.41, 5.74) is 1.36. The van der Waals surface area contributed by atoms with Crippen molar-refractivity contribution in [2.45, 2.75) is 51.6 Å². The summed E-state index contributed by atoms with van der Waals surface area (Å²) in [5, 5.41) is 9.00. The minimum atomic E-state index is 0.465. The highest BCUT2D eigenvalue weighted by Crippen LogP contribution is 2.30. The van der Waals surface area contributed by atoms with Gasteiger partial charge in [-0.1, -0.05) is 50.1 Å². The van der Waals surface area contributed by atoms with Crippen LogP contribution in [0.2, 0.25) is 0 Å². The largest absolute Gasteiger partial charge is 0.295 e. The molecule has 102 valence electrons. The van der Waals surface area contributed by atoms with Crippen LogP contribution in [0.5, 0.6) is 0 Å². The van der Waals surface area contributed by atoms with Crippen LogP contribution in [0.25, 0.3) is 0 Å². The summed E-state index contributed by atoms with van der Waals surface area (Å²) in [6.45, 7) is 4.42. The molecule has 1 aliphatic rings. The normalized spacial score (nSPS) is 23.4. The molecule has 2 nitrogen and oxygen atoms in total. The van der Waals surface area contributed by atoms with Gasteiger partial charge in [-0.15, -0.1) is 0 Å². The van der Waals surface area contributed by atoms with E-state index in [4.69, 9.17) is 5.26 Å². The molecule has 0 aliphatic carbocycles. The van der Waals surface area contributed by atoms with Crippen LogP contribution >= 0.6 is 0 Å². The number of hydrogen-bond donors (Lipinski definition) is 0. The molecule has 0 spiro atoms. The molecule has 19 heavy (non-hydrogen) atoms. The zero-order valence-electron chi connectivity index (χ0n) is 11.9. The third-order valence-corrected chi connectivity index (χ3v) is 4.14. The molecule has 1 fully saturated rings. The standard InChI is InChI=1S/C17H24N2/c1-2-3-7-16-12-17(10-11-18)19(14-16)13-15-8-5-4-6-9-15/h4-6,8-9,16-17H,2-3,7,10,12-14H2,1H3/t16-,17-/m0/s1. The fraction of sp³-hybridized carbons (Fsp3) is 0.588. The fourth-order valence-electron chi connectivity index (χ4n) is 3.12. The molecule has 0 radical (unpaired) electrons. The Bertz CT molecular complexity index is 407. The maximum atomic E-state index is 9.00. The Labute approximate surface area is 117 Å². The summed E-state index contributed by atoms with van der Waals surface area (Å²) in [6, 6.07) is 13.4. The van der Waals surface area contributed by atoms with E-state index >= 15 is 0 Å². The van der Waals surface area contributed by atoms with Crippen LogP contribution in [0.3, 0.4) is 0 Å². The van der Waals surface area contributed by atoms with Crippen LogP contribution in [0, 0.1) is 17.2 Å². The second-order valence-electron chi connectivity index (χ2n) is 5.68. The Morgan fingerprint density at radius 2 is 2.11 bits per heavy atom. The van der Waals surface area contributed by atoms with E-state index in [-0.39, 0.29) is 0 Å². The fourth-order valence-corrected chi connectivity index (χ4v) is 3.12. The molecule has 1 aromatic rings. The third kappa shape index (κ3) is 4.08. The molecule has 0 unspecified atom stereocenters. The van der Waals surface area contributed by atoms with Crippen molar-refractivity contribution in [3.63, 3.8) is 0 Å². The van der Waals surface area contributed by atoms with E-state index in [0.29, 0.717) is 12.5 Å². The van der Waals surface area contributed by atoms with E-state index in [1.807, 2.05) is 0 Å². The topological polar surface area (TPSA) is 27.0 Å². The van der Waals surface area contributed by atoms with E-state index in [1.165, 1.54) is 37.8 Å². The summed E-state index contributed by atoms with van der Waals surface area (Å²) >= 11 is 0. The lowest BCUT2D eigenvalue weighted by atomic mass is 9.98. The molecule has 1 aromatic carbocycles. The third-order valence-electron chi connectivity index (χ3n) is 4.14. The predicted molar refractivity (Wildman–Crippen MR) is 78.5 cm³/mol. The minimum Gasteiger partial charge on any atom is -0.295 e. The molecule has 2 atom stereocenters. The van der Waals surface area contributed by atoms with Crippen molar-refractivity contribution in [1.82, 2.24) is 4.90 Å². The van der Waals surface area contributed by atoms with Gasteiger partial charge in [-0.2, -0.15) is 5.26 Å². The Morgan fingerprint density at radius 1 is 1.32 bits per heavy atom. The van der Waals surface area contributed by atoms with Gasteiger partial charge in [0.15, 0.2) is 0 Å². The van der Waals surface area contributed by atoms with Crippen molar-refractivity contribution >= 4 is 0 Å². The van der Waals surface area contributed by atoms with Gasteiger partial charge in [0.2, 0.25) is 0 Å². The highest BCUT2D eigenvalue weighted by molar-refractivity contribution is 5.15. The second-order valence-corrected chi connectivity index (χ2v) is 5.68. The van der Waals surface area contributed by atoms with Crippen molar-refractivity contribution in [3.8, 4) is 6.07 Å². The summed E-state index contributed by atoms with van der Waals surface area (Å²) < 4.78 is 0. The molecule has 1 aliphatic heterocycles. The Kier molecular flexibility index (Phi) is 5.42. The van der Waals surface area contributed by atoms with Crippen LogP contribution in [0.15, 0.2) is 30.3 Å². The van der Waals surface area contributed by atoms with Gasteiger partial charge in [0.25, 0.3) is 0 Å². The first-order valence-corrected chi connectivity index (χ1v) is 7.48. The first-order chi connectivity index (χ1) is 9.33. The first kappa shape index (κ1) is 14.1. The molecule has 1 heterocycles. The van der Waals surface area contributed by atoms with Crippen molar-refractivity contribution in [3.05, 3.63) is 35.9 Å². The van der Waals surface area contributed by atoms with E-state index in [0.717, 1.165) is 12.5 Å². The molecule has 0 N–H and O–H groups in total. The summed E-state index contributed by atoms with van der Waals surface area (Å²) in [5.74, 6) is 0.794. The van der Waals surface area contributed by atoms with E-state index in [1.54, 1.807) is 0 Å². The minimum absolute atomic E-state index is 0.465. The summed E-state index contributed by atoms with van der Waals surface area (Å²) in [6.07, 6.45) is 5.81. The van der Waals surface area contributed by atoms with Crippen molar-refractivity contribution in [2.24, 2.45) is 5.92 Å². The lowest BCUT2D eigenvalue weighted by molar-refractivity contribution is 0.243. The number of nitriles is 1. The quantitative estimate of drug-likeness (QED) is 0.769. The van der Waals surface area contributed by atoms with Crippen molar-refractivity contribution in [2.75, 3.05) is 6.54 Å². The smallest absolute Gasteiger partial charge is 0.0638 e. The SMILES string of the molecule is CCCC[C@H]1C[C@H](CC#N)N(Cc2ccccc2)C1. The summed E-state index contributed by atoms with van der Waals surface area (Å²) in [4.78, 5) is 2.51. The zero-order valence-corrected chi connectivity index (χ0v) is 11.9. The van der Waals surface area contributed by atoms with Crippen LogP contribution in [0.1, 0.15) is 44.6 Å². The number of hydrogen-bond acceptors (Lipinski definition) is 2. The van der Waals surface area contributed by atoms with E-state index < -0.39 is 0 Å². The Balaban J connectivity index is 1.95. The average Bonchev–Trinajstić information content (AvgIpc) is 2.80. The Morgan fingerprint density at radius 3 is 2.79 bits per heavy atom. The first-order valence-electron chi connectivity index (χ1n) is 7.48. The molecule has 0 saturated carbocycles. The molecule has 2 rings (SSSR count). The molecule has 0 bridgehead atoms. The Hall–Kier alpha value is -1.33. The van der Waals surface area contributed by atoms with Crippen molar-refractivity contribution < 1.29 is 0 Å². The van der Waals surface area contributed by atoms with Gasteiger partial charge in [0, 0.05) is 19.1 Å². The lowest BCUT2D eigenvalue weighted by Crippen LogP contribution is -2.28.